The van der Waals surface area contributed by atoms with E-state index in [-0.39, 0.29) is 0 Å². The average molecular weight is 237 g/mol. The molecule has 0 bridgehead atoms. The SMILES string of the molecule is Cc1ccc2ccccc2c1C=CCCN=[N+]=[N-]. The number of hydrogen-bond donors (Lipinski definition) is 0. The van der Waals surface area contributed by atoms with Gasteiger partial charge in [-0.15, -0.1) is 0 Å². The fourth-order valence-corrected chi connectivity index (χ4v) is 2.00. The summed E-state index contributed by atoms with van der Waals surface area (Å²) in [7, 11) is 0. The lowest BCUT2D eigenvalue weighted by atomic mass is 9.99. The topological polar surface area (TPSA) is 48.8 Å². The average Bonchev–Trinajstić information content (AvgIpc) is 2.41. The Hall–Kier alpha value is -2.25. The van der Waals surface area contributed by atoms with Crippen LogP contribution >= 0.6 is 0 Å². The molecule has 0 aromatic heterocycles. The van der Waals surface area contributed by atoms with Crippen LogP contribution in [0.25, 0.3) is 27.3 Å². The second kappa shape index (κ2) is 5.89. The first-order chi connectivity index (χ1) is 8.83. The first-order valence-corrected chi connectivity index (χ1v) is 5.98. The van der Waals surface area contributed by atoms with E-state index in [1.165, 1.54) is 21.9 Å². The molecule has 0 aliphatic heterocycles. The van der Waals surface area contributed by atoms with Crippen molar-refractivity contribution >= 4 is 16.8 Å². The van der Waals surface area contributed by atoms with Crippen molar-refractivity contribution < 1.29 is 0 Å². The van der Waals surface area contributed by atoms with E-state index in [4.69, 9.17) is 5.53 Å². The molecule has 2 aromatic carbocycles. The van der Waals surface area contributed by atoms with Crippen molar-refractivity contribution in [3.05, 3.63) is 64.0 Å². The van der Waals surface area contributed by atoms with Crippen molar-refractivity contribution in [2.75, 3.05) is 6.54 Å². The Kier molecular flexibility index (Phi) is 4.00. The van der Waals surface area contributed by atoms with Crippen LogP contribution in [0.5, 0.6) is 0 Å². The maximum Gasteiger partial charge on any atom is 0.0292 e. The molecule has 0 amide bonds. The third-order valence-electron chi connectivity index (χ3n) is 2.93. The molecule has 0 heterocycles. The molecule has 0 atom stereocenters. The Bertz CT molecular complexity index is 623. The molecule has 0 aliphatic carbocycles. The molecule has 0 unspecified atom stereocenters. The molecule has 2 aromatic rings. The number of nitrogens with zero attached hydrogens (tertiary/aromatic N) is 3. The van der Waals surface area contributed by atoms with E-state index in [0.29, 0.717) is 6.54 Å². The summed E-state index contributed by atoms with van der Waals surface area (Å²) in [6, 6.07) is 12.6. The number of hydrogen-bond acceptors (Lipinski definition) is 1. The van der Waals surface area contributed by atoms with Gasteiger partial charge in [-0.2, -0.15) is 0 Å². The zero-order valence-corrected chi connectivity index (χ0v) is 10.4. The van der Waals surface area contributed by atoms with Crippen LogP contribution in [0.2, 0.25) is 0 Å². The van der Waals surface area contributed by atoms with Gasteiger partial charge >= 0.3 is 0 Å². The lowest BCUT2D eigenvalue weighted by molar-refractivity contribution is 0.995. The predicted molar refractivity (Wildman–Crippen MR) is 76.3 cm³/mol. The first kappa shape index (κ1) is 12.2. The Morgan fingerprint density at radius 1 is 1.22 bits per heavy atom. The zero-order valence-electron chi connectivity index (χ0n) is 10.4. The van der Waals surface area contributed by atoms with Gasteiger partial charge in [0.15, 0.2) is 0 Å². The minimum absolute atomic E-state index is 0.511. The highest BCUT2D eigenvalue weighted by atomic mass is 15.1. The molecule has 90 valence electrons. The molecule has 18 heavy (non-hydrogen) atoms. The van der Waals surface area contributed by atoms with Gasteiger partial charge in [0.05, 0.1) is 0 Å². The fraction of sp³-hybridized carbons (Fsp3) is 0.200. The lowest BCUT2D eigenvalue weighted by Gasteiger charge is -2.06. The van der Waals surface area contributed by atoms with Gasteiger partial charge < -0.3 is 0 Å². The van der Waals surface area contributed by atoms with Gasteiger partial charge in [0.2, 0.25) is 0 Å². The highest BCUT2D eigenvalue weighted by Crippen LogP contribution is 2.23. The van der Waals surface area contributed by atoms with Crippen LogP contribution in [-0.4, -0.2) is 6.54 Å². The van der Waals surface area contributed by atoms with E-state index < -0.39 is 0 Å². The zero-order chi connectivity index (χ0) is 12.8. The van der Waals surface area contributed by atoms with Gasteiger partial charge in [0.1, 0.15) is 0 Å². The highest BCUT2D eigenvalue weighted by molar-refractivity contribution is 5.91. The number of rotatable bonds is 4. The van der Waals surface area contributed by atoms with Crippen LogP contribution in [-0.2, 0) is 0 Å². The lowest BCUT2D eigenvalue weighted by Crippen LogP contribution is -1.84. The first-order valence-electron chi connectivity index (χ1n) is 5.98. The van der Waals surface area contributed by atoms with Crippen molar-refractivity contribution in [2.24, 2.45) is 5.11 Å². The van der Waals surface area contributed by atoms with Crippen LogP contribution in [0.1, 0.15) is 17.5 Å². The van der Waals surface area contributed by atoms with Gasteiger partial charge in [-0.05, 0) is 40.8 Å². The summed E-state index contributed by atoms with van der Waals surface area (Å²) in [5.74, 6) is 0. The van der Waals surface area contributed by atoms with Crippen molar-refractivity contribution in [1.82, 2.24) is 0 Å². The molecule has 0 aliphatic rings. The van der Waals surface area contributed by atoms with Gasteiger partial charge in [0, 0.05) is 11.5 Å². The maximum absolute atomic E-state index is 8.20. The molecule has 2 rings (SSSR count). The molecule has 3 nitrogen and oxygen atoms in total. The minimum Gasteiger partial charge on any atom is -0.0937 e. The van der Waals surface area contributed by atoms with Crippen LogP contribution in [0.15, 0.2) is 47.6 Å². The number of benzene rings is 2. The van der Waals surface area contributed by atoms with E-state index in [0.717, 1.165) is 6.42 Å². The second-order valence-corrected chi connectivity index (χ2v) is 4.16. The number of aryl methyl sites for hydroxylation is 1. The van der Waals surface area contributed by atoms with E-state index in [1.807, 2.05) is 6.07 Å². The van der Waals surface area contributed by atoms with Gasteiger partial charge in [0.25, 0.3) is 0 Å². The van der Waals surface area contributed by atoms with Crippen molar-refractivity contribution in [3.8, 4) is 0 Å². The van der Waals surface area contributed by atoms with E-state index in [1.54, 1.807) is 0 Å². The van der Waals surface area contributed by atoms with E-state index in [9.17, 15) is 0 Å². The largest absolute Gasteiger partial charge is 0.0937 e. The summed E-state index contributed by atoms with van der Waals surface area (Å²) in [5, 5.41) is 6.03. The fourth-order valence-electron chi connectivity index (χ4n) is 2.00. The van der Waals surface area contributed by atoms with Gasteiger partial charge in [-0.25, -0.2) is 0 Å². The summed E-state index contributed by atoms with van der Waals surface area (Å²) >= 11 is 0. The van der Waals surface area contributed by atoms with Gasteiger partial charge in [-0.3, -0.25) is 0 Å². The summed E-state index contributed by atoms with van der Waals surface area (Å²) in [6.07, 6.45) is 4.95. The normalized spacial score (nSPS) is 10.7. The smallest absolute Gasteiger partial charge is 0.0292 e. The molecule has 3 heteroatoms. The quantitative estimate of drug-likeness (QED) is 0.315. The highest BCUT2D eigenvalue weighted by Gasteiger charge is 2.00. The van der Waals surface area contributed by atoms with Crippen molar-refractivity contribution in [2.45, 2.75) is 13.3 Å². The monoisotopic (exact) mass is 237 g/mol. The van der Waals surface area contributed by atoms with E-state index in [2.05, 4.69) is 59.4 Å². The molecule has 0 N–H and O–H groups in total. The summed E-state index contributed by atoms with van der Waals surface area (Å²) < 4.78 is 0. The maximum atomic E-state index is 8.20. The Labute approximate surface area is 106 Å². The van der Waals surface area contributed by atoms with Crippen LogP contribution in [0.4, 0.5) is 0 Å². The number of azide groups is 1. The van der Waals surface area contributed by atoms with Gasteiger partial charge in [-0.1, -0.05) is 53.7 Å². The standard InChI is InChI=1S/C15H15N3/c1-12-9-10-13-6-2-3-8-15(13)14(12)7-4-5-11-17-18-16/h2-4,6-10H,5,11H2,1H3. The second-order valence-electron chi connectivity index (χ2n) is 4.16. The summed E-state index contributed by atoms with van der Waals surface area (Å²) in [5.41, 5.74) is 10.7. The Morgan fingerprint density at radius 2 is 2.06 bits per heavy atom. The molecule has 0 spiro atoms. The van der Waals surface area contributed by atoms with Crippen LogP contribution in [0, 0.1) is 6.92 Å². The van der Waals surface area contributed by atoms with Crippen LogP contribution < -0.4 is 0 Å². The number of fused-ring (bicyclic) bond motifs is 1. The minimum atomic E-state index is 0.511. The van der Waals surface area contributed by atoms with Crippen LogP contribution in [0.3, 0.4) is 0 Å². The third kappa shape index (κ3) is 2.70. The molecule has 0 saturated carbocycles. The molecular weight excluding hydrogens is 222 g/mol. The third-order valence-corrected chi connectivity index (χ3v) is 2.93. The van der Waals surface area contributed by atoms with Crippen molar-refractivity contribution in [3.63, 3.8) is 0 Å². The molecule has 0 saturated heterocycles. The molecule has 0 fully saturated rings. The van der Waals surface area contributed by atoms with E-state index >= 15 is 0 Å². The Morgan fingerprint density at radius 3 is 2.89 bits per heavy atom. The summed E-state index contributed by atoms with van der Waals surface area (Å²) in [4.78, 5) is 2.74. The summed E-state index contributed by atoms with van der Waals surface area (Å²) in [6.45, 7) is 2.62. The Balaban J connectivity index is 2.31. The predicted octanol–water partition coefficient (Wildman–Crippen LogP) is 4.86. The molecule has 0 radical (unpaired) electrons. The van der Waals surface area contributed by atoms with Crippen molar-refractivity contribution in [1.29, 1.82) is 0 Å². The molecular formula is C15H15N3.